The molecule has 6 aromatic carbocycles. The molecule has 3 heterocycles. The summed E-state index contributed by atoms with van der Waals surface area (Å²) in [4.78, 5) is 11.6. The predicted octanol–water partition coefficient (Wildman–Crippen LogP) is 10.9. The van der Waals surface area contributed by atoms with Gasteiger partial charge in [0.1, 0.15) is 11.2 Å². The van der Waals surface area contributed by atoms with Gasteiger partial charge in [-0.2, -0.15) is 9.97 Å². The first-order valence-corrected chi connectivity index (χ1v) is 15.4. The van der Waals surface area contributed by atoms with Crippen LogP contribution in [0.3, 0.4) is 0 Å². The van der Waals surface area contributed by atoms with Crippen LogP contribution in [0.2, 0.25) is 0 Å². The highest BCUT2D eigenvalue weighted by atomic mass is 32.1. The second kappa shape index (κ2) is 10.5. The van der Waals surface area contributed by atoms with Gasteiger partial charge in [-0.05, 0) is 77.9 Å². The van der Waals surface area contributed by atoms with E-state index in [9.17, 15) is 0 Å². The van der Waals surface area contributed by atoms with Gasteiger partial charge in [0.15, 0.2) is 11.4 Å². The van der Waals surface area contributed by atoms with Crippen LogP contribution in [0.1, 0.15) is 0 Å². The molecule has 46 heavy (non-hydrogen) atoms. The van der Waals surface area contributed by atoms with Crippen LogP contribution in [0.25, 0.3) is 61.4 Å². The quantitative estimate of drug-likeness (QED) is 0.180. The molecule has 9 rings (SSSR count). The Morgan fingerprint density at radius 3 is 2.07 bits per heavy atom. The minimum atomic E-state index is 0.398. The second-order valence-electron chi connectivity index (χ2n) is 11.1. The maximum absolute atomic E-state index is 6.24. The van der Waals surface area contributed by atoms with Crippen LogP contribution in [0, 0.1) is 4.77 Å². The number of hydrogen-bond acceptors (Lipinski definition) is 6. The van der Waals surface area contributed by atoms with E-state index < -0.39 is 0 Å². The molecule has 0 aliphatic heterocycles. The fourth-order valence-electron chi connectivity index (χ4n) is 6.18. The zero-order chi connectivity index (χ0) is 30.6. The van der Waals surface area contributed by atoms with Gasteiger partial charge in [0.05, 0.1) is 16.6 Å². The molecule has 6 nitrogen and oxygen atoms in total. The highest BCUT2D eigenvalue weighted by molar-refractivity contribution is 7.71. The third-order valence-corrected chi connectivity index (χ3v) is 8.59. The molecule has 0 saturated carbocycles. The van der Waals surface area contributed by atoms with E-state index in [0.717, 1.165) is 61.2 Å². The Kier molecular flexibility index (Phi) is 6.04. The number of oxazole rings is 1. The van der Waals surface area contributed by atoms with Gasteiger partial charge in [-0.25, -0.2) is 4.40 Å². The third-order valence-electron chi connectivity index (χ3n) is 8.31. The fourth-order valence-corrected chi connectivity index (χ4v) is 6.45. The summed E-state index contributed by atoms with van der Waals surface area (Å²) in [6.45, 7) is 0. The lowest BCUT2D eigenvalue weighted by atomic mass is 10.0. The summed E-state index contributed by atoms with van der Waals surface area (Å²) >= 11 is 5.72. The molecule has 9 aromatic rings. The standard InChI is InChI=1S/C39H24N4O2S/c46-39-41-37(26-10-3-1-4-11-26)40-38-43(39)32-24-27(20-23-34(32)45-38)25-18-21-29(22-19-25)42(28-12-5-2-6-13-28)31-15-9-17-35-36(31)30-14-7-8-16-33(30)44-35/h1-24H. The van der Waals surface area contributed by atoms with Gasteiger partial charge in [-0.1, -0.05) is 91.0 Å². The van der Waals surface area contributed by atoms with Gasteiger partial charge in [-0.3, -0.25) is 0 Å². The number of furan rings is 1. The number of rotatable bonds is 5. The summed E-state index contributed by atoms with van der Waals surface area (Å²) in [7, 11) is 0. The third kappa shape index (κ3) is 4.29. The topological polar surface area (TPSA) is 59.7 Å². The molecule has 0 N–H and O–H groups in total. The van der Waals surface area contributed by atoms with Gasteiger partial charge in [0, 0.05) is 22.3 Å². The molecule has 0 saturated heterocycles. The number of nitrogens with zero attached hydrogens (tertiary/aromatic N) is 4. The first-order chi connectivity index (χ1) is 22.7. The van der Waals surface area contributed by atoms with Crippen LogP contribution in [0.15, 0.2) is 154 Å². The van der Waals surface area contributed by atoms with Crippen molar-refractivity contribution in [2.45, 2.75) is 0 Å². The first-order valence-electron chi connectivity index (χ1n) is 15.0. The summed E-state index contributed by atoms with van der Waals surface area (Å²) in [5.41, 5.74) is 9.38. The summed E-state index contributed by atoms with van der Waals surface area (Å²) in [6, 6.07) is 49.3. The van der Waals surface area contributed by atoms with E-state index in [1.807, 2.05) is 66.7 Å². The molecule has 0 fully saturated rings. The first kappa shape index (κ1) is 26.4. The Bertz CT molecular complexity index is 2610. The van der Waals surface area contributed by atoms with E-state index in [4.69, 9.17) is 21.1 Å². The molecular formula is C39H24N4O2S. The van der Waals surface area contributed by atoms with Crippen LogP contribution >= 0.6 is 12.2 Å². The molecule has 3 aromatic heterocycles. The molecule has 0 amide bonds. The number of hydrogen-bond donors (Lipinski definition) is 0. The lowest BCUT2D eigenvalue weighted by Crippen LogP contribution is -2.10. The van der Waals surface area contributed by atoms with Crippen LogP contribution in [0.4, 0.5) is 17.1 Å². The molecule has 7 heteroatoms. The van der Waals surface area contributed by atoms with E-state index >= 15 is 0 Å². The van der Waals surface area contributed by atoms with Crippen LogP contribution < -0.4 is 4.90 Å². The van der Waals surface area contributed by atoms with Gasteiger partial charge < -0.3 is 13.7 Å². The van der Waals surface area contributed by atoms with Gasteiger partial charge >= 0.3 is 5.84 Å². The predicted molar refractivity (Wildman–Crippen MR) is 186 cm³/mol. The van der Waals surface area contributed by atoms with E-state index in [1.165, 1.54) is 0 Å². The summed E-state index contributed by atoms with van der Waals surface area (Å²) in [5.74, 6) is 0.961. The van der Waals surface area contributed by atoms with E-state index in [-0.39, 0.29) is 0 Å². The van der Waals surface area contributed by atoms with Crippen molar-refractivity contribution in [2.75, 3.05) is 4.90 Å². The molecule has 0 aliphatic carbocycles. The Morgan fingerprint density at radius 2 is 1.24 bits per heavy atom. The molecule has 218 valence electrons. The van der Waals surface area contributed by atoms with Crippen LogP contribution in [-0.4, -0.2) is 14.4 Å². The Morgan fingerprint density at radius 1 is 0.543 bits per heavy atom. The van der Waals surface area contributed by atoms with Gasteiger partial charge in [-0.15, -0.1) is 0 Å². The van der Waals surface area contributed by atoms with Crippen molar-refractivity contribution in [2.24, 2.45) is 0 Å². The summed E-state index contributed by atoms with van der Waals surface area (Å²) in [5, 5.41) is 2.17. The van der Waals surface area contributed by atoms with Gasteiger partial charge in [0.2, 0.25) is 4.77 Å². The molecule has 0 spiro atoms. The SMILES string of the molecule is S=c1nc(-c2ccccc2)nc2oc3ccc(-c4ccc(N(c5ccccc5)c5cccc6oc7ccccc7c56)cc4)cc3n12. The van der Waals surface area contributed by atoms with Crippen molar-refractivity contribution in [3.05, 3.63) is 150 Å². The lowest BCUT2D eigenvalue weighted by Gasteiger charge is -2.26. The van der Waals surface area contributed by atoms with Crippen molar-refractivity contribution >= 4 is 68.2 Å². The molecule has 0 atom stereocenters. The summed E-state index contributed by atoms with van der Waals surface area (Å²) < 4.78 is 14.6. The minimum Gasteiger partial charge on any atom is -0.456 e. The highest BCUT2D eigenvalue weighted by Crippen LogP contribution is 2.43. The Balaban J connectivity index is 1.14. The number of benzene rings is 6. The fraction of sp³-hybridized carbons (Fsp3) is 0. The zero-order valence-electron chi connectivity index (χ0n) is 24.4. The van der Waals surface area contributed by atoms with E-state index in [0.29, 0.717) is 22.0 Å². The number of fused-ring (bicyclic) bond motifs is 6. The molecule has 0 radical (unpaired) electrons. The molecule has 0 unspecified atom stereocenters. The number of para-hydroxylation sites is 2. The zero-order valence-corrected chi connectivity index (χ0v) is 25.2. The van der Waals surface area contributed by atoms with Crippen molar-refractivity contribution in [1.29, 1.82) is 0 Å². The second-order valence-corrected chi connectivity index (χ2v) is 11.4. The van der Waals surface area contributed by atoms with E-state index in [1.54, 1.807) is 4.40 Å². The van der Waals surface area contributed by atoms with Gasteiger partial charge in [0.25, 0.3) is 0 Å². The monoisotopic (exact) mass is 612 g/mol. The summed E-state index contributed by atoms with van der Waals surface area (Å²) in [6.07, 6.45) is 0. The average Bonchev–Trinajstić information content (AvgIpc) is 3.68. The maximum Gasteiger partial charge on any atom is 0.311 e. The smallest absolute Gasteiger partial charge is 0.311 e. The molecule has 0 aliphatic rings. The highest BCUT2D eigenvalue weighted by Gasteiger charge is 2.19. The average molecular weight is 613 g/mol. The Hall–Kier alpha value is -6.05. The van der Waals surface area contributed by atoms with Crippen molar-refractivity contribution in [3.63, 3.8) is 0 Å². The van der Waals surface area contributed by atoms with E-state index in [2.05, 4.69) is 93.7 Å². The Labute approximate surface area is 268 Å². The number of anilines is 3. The van der Waals surface area contributed by atoms with Crippen molar-refractivity contribution in [1.82, 2.24) is 14.4 Å². The molecule has 0 bridgehead atoms. The van der Waals surface area contributed by atoms with Crippen molar-refractivity contribution < 1.29 is 8.83 Å². The van der Waals surface area contributed by atoms with Crippen molar-refractivity contribution in [3.8, 4) is 22.5 Å². The normalized spacial score (nSPS) is 11.6. The van der Waals surface area contributed by atoms with Crippen LogP contribution in [-0.2, 0) is 0 Å². The minimum absolute atomic E-state index is 0.398. The largest absolute Gasteiger partial charge is 0.456 e. The maximum atomic E-state index is 6.24. The van der Waals surface area contributed by atoms with Crippen LogP contribution in [0.5, 0.6) is 0 Å². The molecular weight excluding hydrogens is 589 g/mol. The lowest BCUT2D eigenvalue weighted by molar-refractivity contribution is 0.632. The number of aromatic nitrogens is 3.